The molecule has 0 amide bonds. The van der Waals surface area contributed by atoms with Crippen molar-refractivity contribution in [1.82, 2.24) is 4.98 Å². The summed E-state index contributed by atoms with van der Waals surface area (Å²) in [5.74, 6) is 0.692. The molecule has 0 spiro atoms. The molecule has 122 valence electrons. The van der Waals surface area contributed by atoms with Gasteiger partial charge in [0.1, 0.15) is 5.15 Å². The number of phenolic OH excluding ortho intramolecular Hbond substituents is 1. The lowest BCUT2D eigenvalue weighted by Gasteiger charge is -2.09. The summed E-state index contributed by atoms with van der Waals surface area (Å²) >= 11 is 17.6. The summed E-state index contributed by atoms with van der Waals surface area (Å²) in [6, 6.07) is 4.64. The molecular formula is C14H12Cl3N3O3. The van der Waals surface area contributed by atoms with E-state index >= 15 is 0 Å². The first-order valence-electron chi connectivity index (χ1n) is 6.22. The van der Waals surface area contributed by atoms with Gasteiger partial charge in [-0.3, -0.25) is 5.43 Å². The van der Waals surface area contributed by atoms with Gasteiger partial charge in [-0.2, -0.15) is 5.10 Å². The Bertz CT molecular complexity index is 729. The fourth-order valence-corrected chi connectivity index (χ4v) is 2.22. The van der Waals surface area contributed by atoms with Crippen molar-refractivity contribution in [2.45, 2.75) is 0 Å². The van der Waals surface area contributed by atoms with Gasteiger partial charge in [0.2, 0.25) is 5.75 Å². The zero-order valence-electron chi connectivity index (χ0n) is 12.1. The van der Waals surface area contributed by atoms with E-state index in [1.54, 1.807) is 12.1 Å². The second-order valence-corrected chi connectivity index (χ2v) is 5.41. The van der Waals surface area contributed by atoms with E-state index in [0.29, 0.717) is 5.56 Å². The smallest absolute Gasteiger partial charge is 0.200 e. The van der Waals surface area contributed by atoms with Crippen molar-refractivity contribution in [3.05, 3.63) is 39.0 Å². The minimum Gasteiger partial charge on any atom is -0.502 e. The van der Waals surface area contributed by atoms with Gasteiger partial charge in [-0.05, 0) is 18.2 Å². The van der Waals surface area contributed by atoms with Crippen LogP contribution < -0.4 is 14.9 Å². The number of nitrogens with zero attached hydrogens (tertiary/aromatic N) is 2. The Morgan fingerprint density at radius 2 is 1.70 bits per heavy atom. The second-order valence-electron chi connectivity index (χ2n) is 4.24. The predicted molar refractivity (Wildman–Crippen MR) is 91.7 cm³/mol. The maximum Gasteiger partial charge on any atom is 0.200 e. The number of halogens is 3. The molecule has 0 atom stereocenters. The van der Waals surface area contributed by atoms with E-state index in [2.05, 4.69) is 15.5 Å². The summed E-state index contributed by atoms with van der Waals surface area (Å²) in [7, 11) is 2.88. The molecule has 0 bridgehead atoms. The number of pyridine rings is 1. The van der Waals surface area contributed by atoms with Gasteiger partial charge < -0.3 is 14.6 Å². The van der Waals surface area contributed by atoms with Gasteiger partial charge in [0.15, 0.2) is 17.3 Å². The molecule has 0 radical (unpaired) electrons. The lowest BCUT2D eigenvalue weighted by molar-refractivity contribution is 0.340. The predicted octanol–water partition coefficient (Wildman–Crippen LogP) is 4.21. The Kier molecular flexibility index (Phi) is 5.76. The van der Waals surface area contributed by atoms with E-state index in [1.807, 2.05) is 0 Å². The van der Waals surface area contributed by atoms with Gasteiger partial charge in [0.05, 0.1) is 30.5 Å². The molecule has 0 fully saturated rings. The molecule has 2 N–H and O–H groups in total. The van der Waals surface area contributed by atoms with Crippen LogP contribution in [0.5, 0.6) is 17.2 Å². The summed E-state index contributed by atoms with van der Waals surface area (Å²) in [6.07, 6.45) is 1.48. The molecule has 0 unspecified atom stereocenters. The number of methoxy groups -OCH3 is 2. The summed E-state index contributed by atoms with van der Waals surface area (Å²) in [4.78, 5) is 3.97. The van der Waals surface area contributed by atoms with Gasteiger partial charge in [0, 0.05) is 5.56 Å². The molecule has 23 heavy (non-hydrogen) atoms. The monoisotopic (exact) mass is 375 g/mol. The van der Waals surface area contributed by atoms with Crippen LogP contribution in [0.1, 0.15) is 5.56 Å². The van der Waals surface area contributed by atoms with Crippen molar-refractivity contribution in [2.24, 2.45) is 5.10 Å². The van der Waals surface area contributed by atoms with Crippen LogP contribution in [0, 0.1) is 0 Å². The summed E-state index contributed by atoms with van der Waals surface area (Å²) in [5.41, 5.74) is 3.28. The highest BCUT2D eigenvalue weighted by molar-refractivity contribution is 6.42. The molecule has 0 aliphatic heterocycles. The standard InChI is InChI=1S/C14H12Cl3N3O3/c1-22-10-3-7(4-11(23-2)12(10)21)6-18-20-14-9(16)5-8(15)13(17)19-14/h3-6,21H,1-2H3,(H,19,20). The Labute approximate surface area is 147 Å². The van der Waals surface area contributed by atoms with Crippen molar-refractivity contribution in [1.29, 1.82) is 0 Å². The molecule has 0 aliphatic carbocycles. The van der Waals surface area contributed by atoms with Crippen molar-refractivity contribution in [2.75, 3.05) is 19.6 Å². The first-order chi connectivity index (χ1) is 11.0. The van der Waals surface area contributed by atoms with E-state index < -0.39 is 0 Å². The molecule has 2 rings (SSSR count). The van der Waals surface area contributed by atoms with Crippen molar-refractivity contribution in [3.63, 3.8) is 0 Å². The second kappa shape index (κ2) is 7.59. The zero-order valence-corrected chi connectivity index (χ0v) is 14.4. The average molecular weight is 377 g/mol. The highest BCUT2D eigenvalue weighted by Crippen LogP contribution is 2.36. The van der Waals surface area contributed by atoms with Gasteiger partial charge in [-0.1, -0.05) is 34.8 Å². The fourth-order valence-electron chi connectivity index (χ4n) is 1.68. The van der Waals surface area contributed by atoms with Crippen LogP contribution >= 0.6 is 34.8 Å². The van der Waals surface area contributed by atoms with Gasteiger partial charge in [-0.15, -0.1) is 0 Å². The number of rotatable bonds is 5. The summed E-state index contributed by atoms with van der Waals surface area (Å²) < 4.78 is 10.1. The molecule has 9 heteroatoms. The Balaban J connectivity index is 2.22. The molecule has 6 nitrogen and oxygen atoms in total. The first-order valence-corrected chi connectivity index (χ1v) is 7.35. The van der Waals surface area contributed by atoms with Crippen LogP contribution in [-0.2, 0) is 0 Å². The number of phenols is 1. The number of hydrogen-bond donors (Lipinski definition) is 2. The van der Waals surface area contributed by atoms with E-state index in [4.69, 9.17) is 44.3 Å². The van der Waals surface area contributed by atoms with E-state index in [9.17, 15) is 5.11 Å². The van der Waals surface area contributed by atoms with E-state index in [0.717, 1.165) is 0 Å². The number of aromatic hydroxyl groups is 1. The molecule has 0 aliphatic rings. The highest BCUT2D eigenvalue weighted by atomic mass is 35.5. The van der Waals surface area contributed by atoms with Crippen LogP contribution in [0.2, 0.25) is 15.2 Å². The van der Waals surface area contributed by atoms with Crippen molar-refractivity contribution in [3.8, 4) is 17.2 Å². The minimum absolute atomic E-state index is 0.0886. The zero-order chi connectivity index (χ0) is 17.0. The number of anilines is 1. The Morgan fingerprint density at radius 3 is 2.26 bits per heavy atom. The lowest BCUT2D eigenvalue weighted by atomic mass is 10.2. The number of ether oxygens (including phenoxy) is 2. The van der Waals surface area contributed by atoms with E-state index in [-0.39, 0.29) is 38.3 Å². The number of hydrogen-bond acceptors (Lipinski definition) is 6. The Hall–Kier alpha value is -1.89. The number of aromatic nitrogens is 1. The minimum atomic E-state index is -0.0886. The average Bonchev–Trinajstić information content (AvgIpc) is 2.53. The van der Waals surface area contributed by atoms with Crippen molar-refractivity contribution < 1.29 is 14.6 Å². The topological polar surface area (TPSA) is 76.0 Å². The van der Waals surface area contributed by atoms with Crippen molar-refractivity contribution >= 4 is 46.8 Å². The largest absolute Gasteiger partial charge is 0.502 e. The Morgan fingerprint density at radius 1 is 1.09 bits per heavy atom. The number of benzene rings is 1. The lowest BCUT2D eigenvalue weighted by Crippen LogP contribution is -1.96. The maximum atomic E-state index is 9.84. The first kappa shape index (κ1) is 17.5. The van der Waals surface area contributed by atoms with Crippen LogP contribution in [0.25, 0.3) is 0 Å². The molecule has 1 heterocycles. The SMILES string of the molecule is COc1cc(C=NNc2nc(Cl)c(Cl)cc2Cl)cc(OC)c1O. The quantitative estimate of drug-likeness (QED) is 0.464. The molecule has 0 saturated heterocycles. The molecule has 0 saturated carbocycles. The van der Waals surface area contributed by atoms with Crippen LogP contribution in [0.4, 0.5) is 5.82 Å². The van der Waals surface area contributed by atoms with Crippen LogP contribution in [0.3, 0.4) is 0 Å². The number of nitrogens with one attached hydrogen (secondary N) is 1. The third-order valence-electron chi connectivity index (χ3n) is 2.77. The molecule has 1 aromatic carbocycles. The van der Waals surface area contributed by atoms with Crippen LogP contribution in [-0.4, -0.2) is 30.5 Å². The van der Waals surface area contributed by atoms with Gasteiger partial charge in [0.25, 0.3) is 0 Å². The maximum absolute atomic E-state index is 9.84. The normalized spacial score (nSPS) is 10.8. The number of hydrazone groups is 1. The molecule has 2 aromatic rings. The fraction of sp³-hybridized carbons (Fsp3) is 0.143. The third-order valence-corrected chi connectivity index (χ3v) is 3.73. The summed E-state index contributed by atoms with van der Waals surface area (Å²) in [6.45, 7) is 0. The highest BCUT2D eigenvalue weighted by Gasteiger charge is 2.10. The summed E-state index contributed by atoms with van der Waals surface area (Å²) in [5, 5.41) is 14.5. The molecular weight excluding hydrogens is 365 g/mol. The van der Waals surface area contributed by atoms with E-state index in [1.165, 1.54) is 26.5 Å². The van der Waals surface area contributed by atoms with Gasteiger partial charge >= 0.3 is 0 Å². The van der Waals surface area contributed by atoms with Crippen LogP contribution in [0.15, 0.2) is 23.3 Å². The third kappa shape index (κ3) is 4.10. The van der Waals surface area contributed by atoms with Gasteiger partial charge in [-0.25, -0.2) is 4.98 Å². The molecule has 1 aromatic heterocycles.